The molecule has 0 bridgehead atoms. The van der Waals surface area contributed by atoms with Gasteiger partial charge in [0, 0.05) is 24.8 Å². The van der Waals surface area contributed by atoms with Crippen molar-refractivity contribution < 1.29 is 0 Å². The van der Waals surface area contributed by atoms with Crippen LogP contribution in [0.25, 0.3) is 0 Å². The molecule has 3 heteroatoms. The Bertz CT molecular complexity index is 430. The Balaban J connectivity index is 2.18. The van der Waals surface area contributed by atoms with Crippen LogP contribution in [0.5, 0.6) is 0 Å². The van der Waals surface area contributed by atoms with E-state index in [1.165, 1.54) is 55.7 Å². The molecule has 1 fully saturated rings. The lowest BCUT2D eigenvalue weighted by molar-refractivity contribution is 0.446. The Morgan fingerprint density at radius 2 is 2.10 bits per heavy atom. The monoisotopic (exact) mass is 289 g/mol. The highest BCUT2D eigenvalue weighted by Crippen LogP contribution is 2.26. The fraction of sp³-hybridized carbons (Fsp3) is 0.722. The average molecular weight is 289 g/mol. The Hall–Kier alpha value is -1.09. The number of rotatable bonds is 7. The second-order valence-electron chi connectivity index (χ2n) is 6.11. The van der Waals surface area contributed by atoms with Crippen molar-refractivity contribution in [2.24, 2.45) is 0 Å². The second-order valence-corrected chi connectivity index (χ2v) is 6.11. The lowest BCUT2D eigenvalue weighted by Crippen LogP contribution is -2.39. The number of nitrogens with zero attached hydrogens (tertiary/aromatic N) is 2. The topological polar surface area (TPSA) is 28.2 Å². The maximum Gasteiger partial charge on any atom is 0.129 e. The minimum atomic E-state index is 0.676. The lowest BCUT2D eigenvalue weighted by atomic mass is 10.00. The van der Waals surface area contributed by atoms with Gasteiger partial charge in [0.2, 0.25) is 0 Å². The smallest absolute Gasteiger partial charge is 0.129 e. The van der Waals surface area contributed by atoms with Gasteiger partial charge in [-0.2, -0.15) is 0 Å². The van der Waals surface area contributed by atoms with E-state index >= 15 is 0 Å². The third-order valence-corrected chi connectivity index (χ3v) is 4.44. The zero-order valence-electron chi connectivity index (χ0n) is 14.0. The predicted octanol–water partition coefficient (Wildman–Crippen LogP) is 3.91. The zero-order chi connectivity index (χ0) is 15.1. The van der Waals surface area contributed by atoms with E-state index in [1.54, 1.807) is 0 Å². The molecule has 2 rings (SSSR count). The van der Waals surface area contributed by atoms with Crippen molar-refractivity contribution in [3.05, 3.63) is 23.4 Å². The summed E-state index contributed by atoms with van der Waals surface area (Å²) in [5, 5.41) is 3.51. The summed E-state index contributed by atoms with van der Waals surface area (Å²) in [5.74, 6) is 1.20. The van der Waals surface area contributed by atoms with Crippen molar-refractivity contribution in [1.82, 2.24) is 10.3 Å². The molecule has 0 aliphatic carbocycles. The van der Waals surface area contributed by atoms with Gasteiger partial charge >= 0.3 is 0 Å². The molecule has 2 heterocycles. The molecule has 1 aliphatic rings. The van der Waals surface area contributed by atoms with Crippen LogP contribution in [0.1, 0.15) is 64.1 Å². The van der Waals surface area contributed by atoms with Gasteiger partial charge in [0.1, 0.15) is 5.82 Å². The van der Waals surface area contributed by atoms with Crippen molar-refractivity contribution in [3.63, 3.8) is 0 Å². The van der Waals surface area contributed by atoms with Gasteiger partial charge in [-0.3, -0.25) is 0 Å². The molecule has 1 saturated heterocycles. The van der Waals surface area contributed by atoms with E-state index < -0.39 is 0 Å². The van der Waals surface area contributed by atoms with E-state index in [1.807, 2.05) is 0 Å². The van der Waals surface area contributed by atoms with Gasteiger partial charge < -0.3 is 10.2 Å². The van der Waals surface area contributed by atoms with Crippen molar-refractivity contribution in [2.45, 2.75) is 71.9 Å². The zero-order valence-corrected chi connectivity index (χ0v) is 14.0. The van der Waals surface area contributed by atoms with Crippen molar-refractivity contribution in [3.8, 4) is 0 Å². The molecule has 1 aromatic heterocycles. The Morgan fingerprint density at radius 1 is 1.24 bits per heavy atom. The molecule has 21 heavy (non-hydrogen) atoms. The van der Waals surface area contributed by atoms with Gasteiger partial charge in [-0.05, 0) is 62.8 Å². The molecule has 0 aromatic carbocycles. The van der Waals surface area contributed by atoms with Crippen LogP contribution in [0.4, 0.5) is 5.82 Å². The summed E-state index contributed by atoms with van der Waals surface area (Å²) in [6.45, 7) is 9.92. The van der Waals surface area contributed by atoms with Crippen LogP contribution in [0, 0.1) is 0 Å². The van der Waals surface area contributed by atoms with Crippen molar-refractivity contribution in [1.29, 1.82) is 0 Å². The van der Waals surface area contributed by atoms with Gasteiger partial charge in [0.25, 0.3) is 0 Å². The summed E-state index contributed by atoms with van der Waals surface area (Å²) < 4.78 is 0. The van der Waals surface area contributed by atoms with Gasteiger partial charge in [-0.1, -0.05) is 20.8 Å². The first kappa shape index (κ1) is 16.3. The van der Waals surface area contributed by atoms with Crippen LogP contribution in [0.15, 0.2) is 12.1 Å². The molecule has 1 unspecified atom stereocenters. The van der Waals surface area contributed by atoms with Crippen LogP contribution in [0.3, 0.4) is 0 Å². The van der Waals surface area contributed by atoms with E-state index in [2.05, 4.69) is 43.1 Å². The number of anilines is 1. The van der Waals surface area contributed by atoms with E-state index in [9.17, 15) is 0 Å². The molecule has 0 amide bonds. The summed E-state index contributed by atoms with van der Waals surface area (Å²) in [6.07, 6.45) is 7.41. The van der Waals surface area contributed by atoms with Crippen LogP contribution >= 0.6 is 0 Å². The minimum absolute atomic E-state index is 0.676. The fourth-order valence-electron chi connectivity index (χ4n) is 3.20. The second kappa shape index (κ2) is 8.38. The first-order valence-corrected chi connectivity index (χ1v) is 8.75. The molecule has 0 radical (unpaired) electrons. The first-order valence-electron chi connectivity index (χ1n) is 8.75. The highest BCUT2D eigenvalue weighted by molar-refractivity contribution is 5.44. The number of aromatic nitrogens is 1. The highest BCUT2D eigenvalue weighted by atomic mass is 15.2. The van der Waals surface area contributed by atoms with Crippen LogP contribution < -0.4 is 10.2 Å². The summed E-state index contributed by atoms with van der Waals surface area (Å²) in [5.41, 5.74) is 2.60. The number of pyridine rings is 1. The van der Waals surface area contributed by atoms with Crippen LogP contribution in [0.2, 0.25) is 0 Å². The van der Waals surface area contributed by atoms with Gasteiger partial charge in [-0.15, -0.1) is 0 Å². The lowest BCUT2D eigenvalue weighted by Gasteiger charge is -2.36. The molecule has 118 valence electrons. The fourth-order valence-corrected chi connectivity index (χ4v) is 3.20. The molecular formula is C18H31N3. The quantitative estimate of drug-likeness (QED) is 0.771. The third kappa shape index (κ3) is 4.44. The highest BCUT2D eigenvalue weighted by Gasteiger charge is 2.22. The molecule has 1 N–H and O–H groups in total. The summed E-state index contributed by atoms with van der Waals surface area (Å²) in [6, 6.07) is 5.24. The molecule has 3 nitrogen and oxygen atoms in total. The predicted molar refractivity (Wildman–Crippen MR) is 90.9 cm³/mol. The summed E-state index contributed by atoms with van der Waals surface area (Å²) in [7, 11) is 0. The Kier molecular flexibility index (Phi) is 6.50. The van der Waals surface area contributed by atoms with E-state index in [0.717, 1.165) is 19.5 Å². The van der Waals surface area contributed by atoms with Gasteiger partial charge in [-0.25, -0.2) is 4.98 Å². The number of nitrogens with one attached hydrogen (secondary N) is 1. The molecule has 1 aliphatic heterocycles. The van der Waals surface area contributed by atoms with Crippen LogP contribution in [-0.4, -0.2) is 24.1 Å². The SMILES string of the molecule is CCCNCc1cc(CC)nc(N2CCCCC2CC)c1. The molecule has 1 aromatic rings. The first-order chi connectivity index (χ1) is 10.3. The number of piperidine rings is 1. The average Bonchev–Trinajstić information content (AvgIpc) is 2.54. The van der Waals surface area contributed by atoms with E-state index in [4.69, 9.17) is 4.98 Å². The van der Waals surface area contributed by atoms with E-state index in [-0.39, 0.29) is 0 Å². The largest absolute Gasteiger partial charge is 0.354 e. The molecule has 0 spiro atoms. The number of hydrogen-bond acceptors (Lipinski definition) is 3. The van der Waals surface area contributed by atoms with Crippen molar-refractivity contribution >= 4 is 5.82 Å². The Morgan fingerprint density at radius 3 is 2.81 bits per heavy atom. The van der Waals surface area contributed by atoms with Crippen molar-refractivity contribution in [2.75, 3.05) is 18.0 Å². The molecular weight excluding hydrogens is 258 g/mol. The number of hydrogen-bond donors (Lipinski definition) is 1. The standard InChI is InChI=1S/C18H31N3/c1-4-10-19-14-15-12-16(5-2)20-18(13-15)21-11-8-7-9-17(21)6-3/h12-13,17,19H,4-11,14H2,1-3H3. The summed E-state index contributed by atoms with van der Waals surface area (Å²) >= 11 is 0. The molecule has 0 saturated carbocycles. The third-order valence-electron chi connectivity index (χ3n) is 4.44. The number of aryl methyl sites for hydroxylation is 1. The van der Waals surface area contributed by atoms with E-state index in [0.29, 0.717) is 6.04 Å². The van der Waals surface area contributed by atoms with Gasteiger partial charge in [0.15, 0.2) is 0 Å². The van der Waals surface area contributed by atoms with Crippen LogP contribution in [-0.2, 0) is 13.0 Å². The maximum absolute atomic E-state index is 4.90. The minimum Gasteiger partial charge on any atom is -0.354 e. The Labute approximate surface area is 130 Å². The normalized spacial score (nSPS) is 19.0. The maximum atomic E-state index is 4.90. The summed E-state index contributed by atoms with van der Waals surface area (Å²) in [4.78, 5) is 7.45. The van der Waals surface area contributed by atoms with Gasteiger partial charge in [0.05, 0.1) is 0 Å². The molecule has 1 atom stereocenters.